The fraction of sp³-hybridized carbons (Fsp3) is 0.545. The molecular weight excluding hydrogens is 384 g/mol. The molecule has 2 aliphatic rings. The smallest absolute Gasteiger partial charge is 0.313 e. The van der Waals surface area contributed by atoms with Gasteiger partial charge < -0.3 is 10.6 Å². The predicted octanol–water partition coefficient (Wildman–Crippen LogP) is 1.31. The van der Waals surface area contributed by atoms with Crippen LogP contribution in [0.4, 0.5) is 5.69 Å². The minimum absolute atomic E-state index is 0.251. The average Bonchev–Trinajstić information content (AvgIpc) is 3.21. The molecule has 0 radical (unpaired) electrons. The Balaban J connectivity index is 1.58. The van der Waals surface area contributed by atoms with E-state index in [0.29, 0.717) is 31.5 Å². The highest BCUT2D eigenvalue weighted by Gasteiger charge is 2.42. The Kier molecular flexibility index (Phi) is 6.87. The van der Waals surface area contributed by atoms with Crippen molar-refractivity contribution in [2.45, 2.75) is 57.4 Å². The second-order valence-electron chi connectivity index (χ2n) is 7.98. The molecule has 162 valence electrons. The van der Waals surface area contributed by atoms with Crippen molar-refractivity contribution in [3.63, 3.8) is 0 Å². The van der Waals surface area contributed by atoms with Crippen LogP contribution in [-0.4, -0.2) is 54.2 Å². The van der Waals surface area contributed by atoms with E-state index in [1.54, 1.807) is 24.3 Å². The first-order chi connectivity index (χ1) is 14.4. The van der Waals surface area contributed by atoms with E-state index < -0.39 is 17.2 Å². The first kappa shape index (κ1) is 22.0. The van der Waals surface area contributed by atoms with Gasteiger partial charge in [0, 0.05) is 24.7 Å². The summed E-state index contributed by atoms with van der Waals surface area (Å²) in [5.41, 5.74) is 0.520. The quantitative estimate of drug-likeness (QED) is 0.481. The van der Waals surface area contributed by atoms with Gasteiger partial charge in [-0.1, -0.05) is 26.0 Å². The van der Waals surface area contributed by atoms with Crippen LogP contribution < -0.4 is 16.0 Å². The summed E-state index contributed by atoms with van der Waals surface area (Å²) in [6.45, 7) is 6.44. The number of carbonyl (C=O) groups is 4. The van der Waals surface area contributed by atoms with Crippen LogP contribution in [0.1, 0.15) is 51.5 Å². The molecule has 1 aromatic rings. The van der Waals surface area contributed by atoms with Gasteiger partial charge in [-0.25, -0.2) is 0 Å². The molecule has 0 saturated carbocycles. The molecule has 4 amide bonds. The Morgan fingerprint density at radius 2 is 1.90 bits per heavy atom. The van der Waals surface area contributed by atoms with E-state index in [-0.39, 0.29) is 17.9 Å². The van der Waals surface area contributed by atoms with Gasteiger partial charge >= 0.3 is 11.8 Å². The fourth-order valence-corrected chi connectivity index (χ4v) is 4.46. The van der Waals surface area contributed by atoms with Gasteiger partial charge in [-0.15, -0.1) is 0 Å². The van der Waals surface area contributed by atoms with Crippen LogP contribution in [-0.2, 0) is 24.6 Å². The molecule has 1 aromatic carbocycles. The van der Waals surface area contributed by atoms with E-state index in [4.69, 9.17) is 0 Å². The third-order valence-electron chi connectivity index (χ3n) is 6.38. The number of hydrogen-bond acceptors (Lipinski definition) is 5. The maximum atomic E-state index is 12.5. The number of anilines is 1. The Hall–Kier alpha value is -2.74. The normalized spacial score (nSPS) is 24.4. The SMILES string of the molecule is CCN1CCC[C@H]1CNC(=O)C(=O)Nc1ccc([C@]2(CC)CCC(=O)NC2=O)cc1. The van der Waals surface area contributed by atoms with E-state index in [1.807, 2.05) is 6.92 Å². The molecule has 0 bridgehead atoms. The number of benzene rings is 1. The second-order valence-corrected chi connectivity index (χ2v) is 7.98. The highest BCUT2D eigenvalue weighted by Crippen LogP contribution is 2.36. The molecule has 30 heavy (non-hydrogen) atoms. The van der Waals surface area contributed by atoms with Crippen molar-refractivity contribution in [2.24, 2.45) is 0 Å². The van der Waals surface area contributed by atoms with Crippen molar-refractivity contribution in [3.8, 4) is 0 Å². The molecule has 0 unspecified atom stereocenters. The lowest BCUT2D eigenvalue weighted by Crippen LogP contribution is -2.51. The van der Waals surface area contributed by atoms with Crippen LogP contribution in [0.15, 0.2) is 24.3 Å². The molecule has 3 rings (SSSR count). The third-order valence-corrected chi connectivity index (χ3v) is 6.38. The average molecular weight is 415 g/mol. The van der Waals surface area contributed by atoms with Gasteiger partial charge in [0.1, 0.15) is 0 Å². The predicted molar refractivity (Wildman–Crippen MR) is 113 cm³/mol. The van der Waals surface area contributed by atoms with Crippen LogP contribution in [0.3, 0.4) is 0 Å². The minimum Gasteiger partial charge on any atom is -0.346 e. The number of rotatable bonds is 6. The van der Waals surface area contributed by atoms with Gasteiger partial charge in [-0.3, -0.25) is 29.4 Å². The zero-order chi connectivity index (χ0) is 21.7. The molecule has 8 nitrogen and oxygen atoms in total. The summed E-state index contributed by atoms with van der Waals surface area (Å²) in [6, 6.07) is 7.17. The van der Waals surface area contributed by atoms with Crippen LogP contribution >= 0.6 is 0 Å². The lowest BCUT2D eigenvalue weighted by Gasteiger charge is -2.35. The summed E-state index contributed by atoms with van der Waals surface area (Å²) in [4.78, 5) is 50.7. The maximum absolute atomic E-state index is 12.5. The molecule has 3 N–H and O–H groups in total. The van der Waals surface area contributed by atoms with E-state index in [2.05, 4.69) is 27.8 Å². The van der Waals surface area contributed by atoms with Gasteiger partial charge in [-0.2, -0.15) is 0 Å². The number of nitrogens with one attached hydrogen (secondary N) is 3. The lowest BCUT2D eigenvalue weighted by atomic mass is 9.72. The molecule has 0 aliphatic carbocycles. The molecule has 8 heteroatoms. The lowest BCUT2D eigenvalue weighted by molar-refractivity contribution is -0.138. The maximum Gasteiger partial charge on any atom is 0.313 e. The molecule has 0 spiro atoms. The number of carbonyl (C=O) groups excluding carboxylic acids is 4. The molecule has 2 saturated heterocycles. The van der Waals surface area contributed by atoms with Gasteiger partial charge in [0.05, 0.1) is 5.41 Å². The first-order valence-corrected chi connectivity index (χ1v) is 10.7. The highest BCUT2D eigenvalue weighted by atomic mass is 16.2. The topological polar surface area (TPSA) is 108 Å². The standard InChI is InChI=1S/C22H30N4O4/c1-3-22(12-11-18(27)25-21(22)30)15-7-9-16(10-8-15)24-20(29)19(28)23-14-17-6-5-13-26(17)4-2/h7-10,17H,3-6,11-14H2,1-2H3,(H,23,28)(H,24,29)(H,25,27,30)/t17-,22-/m0/s1. The van der Waals surface area contributed by atoms with Crippen LogP contribution in [0, 0.1) is 0 Å². The van der Waals surface area contributed by atoms with E-state index in [9.17, 15) is 19.2 Å². The molecule has 2 aliphatic heterocycles. The van der Waals surface area contributed by atoms with Crippen LogP contribution in [0.25, 0.3) is 0 Å². The van der Waals surface area contributed by atoms with Gasteiger partial charge in [0.25, 0.3) is 0 Å². The van der Waals surface area contributed by atoms with Crippen LogP contribution in [0.5, 0.6) is 0 Å². The number of hydrogen-bond donors (Lipinski definition) is 3. The first-order valence-electron chi connectivity index (χ1n) is 10.7. The number of likely N-dealkylation sites (tertiary alicyclic amines) is 1. The fourth-order valence-electron chi connectivity index (χ4n) is 4.46. The molecule has 2 heterocycles. The second kappa shape index (κ2) is 9.38. The zero-order valence-electron chi connectivity index (χ0n) is 17.6. The van der Waals surface area contributed by atoms with Crippen molar-refractivity contribution >= 4 is 29.3 Å². The van der Waals surface area contributed by atoms with E-state index in [1.165, 1.54) is 0 Å². The van der Waals surface area contributed by atoms with E-state index >= 15 is 0 Å². The molecular formula is C22H30N4O4. The number of piperidine rings is 1. The largest absolute Gasteiger partial charge is 0.346 e. The zero-order valence-corrected chi connectivity index (χ0v) is 17.6. The highest BCUT2D eigenvalue weighted by molar-refractivity contribution is 6.39. The molecule has 2 fully saturated rings. The Morgan fingerprint density at radius 1 is 1.17 bits per heavy atom. The number of amides is 4. The Labute approximate surface area is 176 Å². The van der Waals surface area contributed by atoms with Crippen LogP contribution in [0.2, 0.25) is 0 Å². The summed E-state index contributed by atoms with van der Waals surface area (Å²) in [6.07, 6.45) is 3.46. The van der Waals surface area contributed by atoms with Gasteiger partial charge in [0.2, 0.25) is 11.8 Å². The summed E-state index contributed by atoms with van der Waals surface area (Å²) in [5.74, 6) is -1.91. The summed E-state index contributed by atoms with van der Waals surface area (Å²) < 4.78 is 0. The van der Waals surface area contributed by atoms with Gasteiger partial charge in [-0.05, 0) is 56.5 Å². The van der Waals surface area contributed by atoms with Crippen molar-refractivity contribution in [1.82, 2.24) is 15.5 Å². The van der Waals surface area contributed by atoms with Gasteiger partial charge in [0.15, 0.2) is 0 Å². The minimum atomic E-state index is -0.750. The number of imide groups is 1. The van der Waals surface area contributed by atoms with Crippen molar-refractivity contribution < 1.29 is 19.2 Å². The Morgan fingerprint density at radius 3 is 2.53 bits per heavy atom. The summed E-state index contributed by atoms with van der Waals surface area (Å²) in [5, 5.41) is 7.74. The van der Waals surface area contributed by atoms with Crippen molar-refractivity contribution in [3.05, 3.63) is 29.8 Å². The molecule has 0 aromatic heterocycles. The molecule has 2 atom stereocenters. The van der Waals surface area contributed by atoms with E-state index in [0.717, 1.165) is 31.5 Å². The number of nitrogens with zero attached hydrogens (tertiary/aromatic N) is 1. The van der Waals surface area contributed by atoms with Crippen molar-refractivity contribution in [1.29, 1.82) is 0 Å². The van der Waals surface area contributed by atoms with Crippen molar-refractivity contribution in [2.75, 3.05) is 25.0 Å². The summed E-state index contributed by atoms with van der Waals surface area (Å²) in [7, 11) is 0. The third kappa shape index (κ3) is 4.53. The Bertz CT molecular complexity index is 823. The number of likely N-dealkylation sites (N-methyl/N-ethyl adjacent to an activating group) is 1. The monoisotopic (exact) mass is 414 g/mol. The summed E-state index contributed by atoms with van der Waals surface area (Å²) >= 11 is 0.